The molecule has 1 aliphatic heterocycles. The molecule has 32 valence electrons. The second-order valence-electron chi connectivity index (χ2n) is 1.53. The Hall–Kier alpha value is 1.38. The van der Waals surface area contributed by atoms with Crippen LogP contribution in [0.15, 0.2) is 0 Å². The predicted octanol–water partition coefficient (Wildman–Crippen LogP) is 1.12. The molecule has 1 aliphatic rings. The van der Waals surface area contributed by atoms with Gasteiger partial charge in [-0.15, -0.1) is 0 Å². The van der Waals surface area contributed by atoms with E-state index in [4.69, 9.17) is 4.74 Å². The number of ether oxygens (including phenoxy) is 1. The Kier molecular flexibility index (Phi) is 1.92. The van der Waals surface area contributed by atoms with Crippen molar-refractivity contribution in [2.45, 2.75) is 16.6 Å². The third kappa shape index (κ3) is 1.17. The third-order valence-corrected chi connectivity index (χ3v) is 11.1. The summed E-state index contributed by atoms with van der Waals surface area (Å²) in [7, 11) is 0. The molecule has 1 rings (SSSR count). The second kappa shape index (κ2) is 2.10. The zero-order chi connectivity index (χ0) is 4.57. The first-order valence-electron chi connectivity index (χ1n) is 2.06. The molecule has 0 spiro atoms. The third-order valence-electron chi connectivity index (χ3n) is 0.988. The van der Waals surface area contributed by atoms with E-state index in [1.165, 1.54) is 0 Å². The first kappa shape index (κ1) is 5.51. The molecule has 1 heterocycles. The van der Waals surface area contributed by atoms with Gasteiger partial charge in [0.05, 0.1) is 0 Å². The normalized spacial score (nSPS) is 41.7. The van der Waals surface area contributed by atoms with Gasteiger partial charge in [0.2, 0.25) is 0 Å². The van der Waals surface area contributed by atoms with Crippen molar-refractivity contribution in [2.75, 3.05) is 0 Å². The van der Waals surface area contributed by atoms with Gasteiger partial charge in [-0.2, -0.15) is 0 Å². The van der Waals surface area contributed by atoms with Crippen LogP contribution in [0.4, 0.5) is 0 Å². The van der Waals surface area contributed by atoms with Crippen molar-refractivity contribution in [1.29, 1.82) is 0 Å². The topological polar surface area (TPSA) is 12.5 Å². The van der Waals surface area contributed by atoms with Crippen LogP contribution in [0.25, 0.3) is 0 Å². The van der Waals surface area contributed by atoms with Crippen molar-refractivity contribution in [1.82, 2.24) is 0 Å². The fraction of sp³-hybridized carbons (Fsp3) is 1.00. The van der Waals surface area contributed by atoms with Crippen LogP contribution in [0.1, 0.15) is 6.92 Å². The van der Waals surface area contributed by atoms with E-state index in [2.05, 4.69) is 18.8 Å². The molecule has 1 nitrogen and oxygen atoms in total. The van der Waals surface area contributed by atoms with Gasteiger partial charge in [-0.1, -0.05) is 0 Å². The molecule has 0 N–H and O–H groups in total. The summed E-state index contributed by atoms with van der Waals surface area (Å²) in [5.74, 6) is 0. The maximum atomic E-state index is 5.12. The van der Waals surface area contributed by atoms with E-state index in [1.54, 1.807) is 0 Å². The molecule has 0 amide bonds. The molecule has 0 radical (unpaired) electrons. The summed E-state index contributed by atoms with van der Waals surface area (Å²) in [4.78, 5) is 0. The molecule has 0 aromatic carbocycles. The van der Waals surface area contributed by atoms with Gasteiger partial charge in [0.15, 0.2) is 0 Å². The zero-order valence-electron chi connectivity index (χ0n) is 3.65. The minimum atomic E-state index is -0.592. The first-order chi connectivity index (χ1) is 2.84. The maximum absolute atomic E-state index is 5.12. The van der Waals surface area contributed by atoms with Crippen molar-refractivity contribution in [3.8, 4) is 0 Å². The standard InChI is InChI=1S/C3H5O.BrH.Hg/c1-3-2-4-3;;/h2-3H,1H3;1H;/q;;+1/p-1. The summed E-state index contributed by atoms with van der Waals surface area (Å²) >= 11 is 2.92. The molecule has 1 fully saturated rings. The van der Waals surface area contributed by atoms with Gasteiger partial charge < -0.3 is 0 Å². The number of hydrogen-bond acceptors (Lipinski definition) is 1. The molecular weight excluding hydrogens is 333 g/mol. The SMILES string of the molecule is CC1O[CH]1[Hg][Br]. The van der Waals surface area contributed by atoms with Crippen molar-refractivity contribution in [3.63, 3.8) is 0 Å². The van der Waals surface area contributed by atoms with Gasteiger partial charge in [0.25, 0.3) is 0 Å². The van der Waals surface area contributed by atoms with Gasteiger partial charge in [0.1, 0.15) is 0 Å². The minimum absolute atomic E-state index is 0.592. The second-order valence-corrected chi connectivity index (χ2v) is 11.5. The van der Waals surface area contributed by atoms with Crippen LogP contribution in [-0.4, -0.2) is 9.72 Å². The van der Waals surface area contributed by atoms with E-state index in [1.807, 2.05) is 0 Å². The van der Waals surface area contributed by atoms with Gasteiger partial charge in [0, 0.05) is 0 Å². The Balaban J connectivity index is 2.09. The van der Waals surface area contributed by atoms with Gasteiger partial charge >= 0.3 is 55.4 Å². The molecule has 0 bridgehead atoms. The fourth-order valence-corrected chi connectivity index (χ4v) is 8.79. The van der Waals surface area contributed by atoms with E-state index in [0.29, 0.717) is 6.10 Å². The van der Waals surface area contributed by atoms with Crippen LogP contribution >= 0.6 is 11.9 Å². The average molecular weight is 338 g/mol. The first-order valence-corrected chi connectivity index (χ1v) is 17.2. The molecule has 1 saturated heterocycles. The number of halogens is 1. The monoisotopic (exact) mass is 338 g/mol. The Labute approximate surface area is 55.1 Å². The quantitative estimate of drug-likeness (QED) is 0.516. The van der Waals surface area contributed by atoms with Gasteiger partial charge in [-0.25, -0.2) is 0 Å². The summed E-state index contributed by atoms with van der Waals surface area (Å²) in [5.41, 5.74) is 0. The van der Waals surface area contributed by atoms with E-state index >= 15 is 0 Å². The van der Waals surface area contributed by atoms with E-state index in [-0.39, 0.29) is 0 Å². The Morgan fingerprint density at radius 1 is 1.83 bits per heavy atom. The number of rotatable bonds is 1. The van der Waals surface area contributed by atoms with Crippen LogP contribution in [0.3, 0.4) is 0 Å². The molecule has 0 aliphatic carbocycles. The van der Waals surface area contributed by atoms with Gasteiger partial charge in [-0.05, 0) is 0 Å². The molecule has 2 atom stereocenters. The van der Waals surface area contributed by atoms with Crippen LogP contribution in [-0.2, 0) is 26.9 Å². The van der Waals surface area contributed by atoms with Crippen LogP contribution in [0.5, 0.6) is 0 Å². The summed E-state index contributed by atoms with van der Waals surface area (Å²) in [6.07, 6.45) is 0.617. The number of hydrogen-bond donors (Lipinski definition) is 0. The van der Waals surface area contributed by atoms with E-state index in [9.17, 15) is 0 Å². The van der Waals surface area contributed by atoms with Crippen molar-refractivity contribution < 1.29 is 26.9 Å². The Morgan fingerprint density at radius 2 is 2.33 bits per heavy atom. The Morgan fingerprint density at radius 3 is 2.33 bits per heavy atom. The molecule has 3 heteroatoms. The van der Waals surface area contributed by atoms with E-state index < -0.39 is 22.1 Å². The number of epoxide rings is 1. The van der Waals surface area contributed by atoms with Crippen LogP contribution in [0, 0.1) is 0 Å². The van der Waals surface area contributed by atoms with Crippen LogP contribution in [0.2, 0.25) is 0 Å². The summed E-state index contributed by atoms with van der Waals surface area (Å²) in [5, 5.41) is 0. The summed E-state index contributed by atoms with van der Waals surface area (Å²) in [6.45, 7) is 2.13. The fourth-order valence-electron chi connectivity index (χ4n) is 0.392. The molecule has 2 unspecified atom stereocenters. The van der Waals surface area contributed by atoms with Crippen molar-refractivity contribution >= 4 is 11.9 Å². The average Bonchev–Trinajstić information content (AvgIpc) is 2.19. The Bertz CT molecular complexity index is 56.8. The van der Waals surface area contributed by atoms with Crippen molar-refractivity contribution in [2.24, 2.45) is 0 Å². The summed E-state index contributed by atoms with van der Waals surface area (Å²) < 4.78 is 5.86. The van der Waals surface area contributed by atoms with E-state index in [0.717, 1.165) is 3.61 Å². The van der Waals surface area contributed by atoms with Crippen molar-refractivity contribution in [3.05, 3.63) is 0 Å². The zero-order valence-corrected chi connectivity index (χ0v) is 10.7. The summed E-state index contributed by atoms with van der Waals surface area (Å²) in [6, 6.07) is 0. The molecule has 0 aromatic rings. The molecule has 0 saturated carbocycles. The molecule has 0 aromatic heterocycles. The van der Waals surface area contributed by atoms with Gasteiger partial charge in [-0.3, -0.25) is 0 Å². The predicted molar refractivity (Wildman–Crippen MR) is 23.3 cm³/mol. The molecule has 6 heavy (non-hydrogen) atoms. The molecular formula is C3H5BrHgO. The van der Waals surface area contributed by atoms with Crippen LogP contribution < -0.4 is 0 Å².